The largest absolute Gasteiger partial charge is 0.462 e. The lowest BCUT2D eigenvalue weighted by molar-refractivity contribution is -0.139. The van der Waals surface area contributed by atoms with Crippen LogP contribution in [-0.4, -0.2) is 25.2 Å². The summed E-state index contributed by atoms with van der Waals surface area (Å²) < 4.78 is 10.1. The van der Waals surface area contributed by atoms with E-state index in [0.717, 1.165) is 0 Å². The summed E-state index contributed by atoms with van der Waals surface area (Å²) in [6.07, 6.45) is 2.96. The number of azide groups is 2. The second kappa shape index (κ2) is 11.2. The molecule has 0 atom stereocenters. The highest BCUT2D eigenvalue weighted by Crippen LogP contribution is 2.36. The molecular weight excluding hydrogens is 436 g/mol. The molecule has 0 heterocycles. The molecule has 0 amide bonds. The van der Waals surface area contributed by atoms with Crippen molar-refractivity contribution >= 4 is 45.6 Å². The van der Waals surface area contributed by atoms with Crippen LogP contribution in [0.5, 0.6) is 0 Å². The summed E-state index contributed by atoms with van der Waals surface area (Å²) in [6.45, 7) is 3.56. The van der Waals surface area contributed by atoms with Crippen LogP contribution < -0.4 is 0 Å². The van der Waals surface area contributed by atoms with Crippen molar-refractivity contribution in [2.24, 2.45) is 10.2 Å². The number of ether oxygens (including phenoxy) is 2. The number of hydrogen-bond acceptors (Lipinski definition) is 6. The van der Waals surface area contributed by atoms with Crippen LogP contribution in [0.2, 0.25) is 0 Å². The van der Waals surface area contributed by atoms with Gasteiger partial charge >= 0.3 is 11.9 Å². The number of fused-ring (bicyclic) bond motifs is 2. The minimum Gasteiger partial charge on any atom is -0.462 e. The number of benzene rings is 3. The predicted octanol–water partition coefficient (Wildman–Crippen LogP) is 6.42. The van der Waals surface area contributed by atoms with Crippen LogP contribution in [0.3, 0.4) is 0 Å². The maximum Gasteiger partial charge on any atom is 0.340 e. The van der Waals surface area contributed by atoms with Crippen molar-refractivity contribution in [1.82, 2.24) is 0 Å². The fourth-order valence-electron chi connectivity index (χ4n) is 3.54. The first-order valence-electron chi connectivity index (χ1n) is 10.4. The number of nitrogens with zero attached hydrogens (tertiary/aromatic N) is 6. The number of rotatable bonds is 8. The summed E-state index contributed by atoms with van der Waals surface area (Å²) in [4.78, 5) is 30.3. The lowest BCUT2D eigenvalue weighted by Gasteiger charge is -2.14. The molecular formula is C24H20N6O4. The zero-order chi connectivity index (χ0) is 24.5. The van der Waals surface area contributed by atoms with Crippen molar-refractivity contribution < 1.29 is 19.1 Å². The molecule has 0 N–H and O–H groups in total. The number of carbonyl (C=O) groups excluding carboxylic acids is 2. The second-order valence-electron chi connectivity index (χ2n) is 6.80. The van der Waals surface area contributed by atoms with Gasteiger partial charge in [-0.05, 0) is 69.7 Å². The second-order valence-corrected chi connectivity index (χ2v) is 6.80. The van der Waals surface area contributed by atoms with E-state index in [0.29, 0.717) is 32.7 Å². The average Bonchev–Trinajstić information content (AvgIpc) is 2.85. The Kier molecular flexibility index (Phi) is 7.86. The first kappa shape index (κ1) is 23.9. The molecule has 0 aromatic heterocycles. The van der Waals surface area contributed by atoms with Crippen molar-refractivity contribution in [3.05, 3.63) is 91.9 Å². The fraction of sp³-hybridized carbons (Fsp3) is 0.167. The van der Waals surface area contributed by atoms with Gasteiger partial charge in [0.25, 0.3) is 0 Å². The summed E-state index contributed by atoms with van der Waals surface area (Å²) in [7, 11) is 0. The summed E-state index contributed by atoms with van der Waals surface area (Å²) in [6, 6.07) is 14.6. The van der Waals surface area contributed by atoms with E-state index in [-0.39, 0.29) is 24.6 Å². The maximum atomic E-state index is 12.4. The van der Waals surface area contributed by atoms with Gasteiger partial charge in [-0.15, -0.1) is 0 Å². The summed E-state index contributed by atoms with van der Waals surface area (Å²) >= 11 is 0. The molecule has 0 saturated heterocycles. The lowest BCUT2D eigenvalue weighted by atomic mass is 9.90. The standard InChI is InChI=1S/C24H20N6O4/c1-3-33-23(31)21(27-29-25)13-19-15-9-5-7-11-17(15)20(18-12-8-6-10-16(18)19)14-22(28-30-26)24(32)34-4-2/h5-14H,3-4H2,1-2H3/b21-13-,22-14-. The molecule has 3 rings (SSSR count). The molecule has 0 aliphatic carbocycles. The zero-order valence-corrected chi connectivity index (χ0v) is 18.5. The van der Waals surface area contributed by atoms with Crippen molar-refractivity contribution in [3.8, 4) is 0 Å². The van der Waals surface area contributed by atoms with E-state index < -0.39 is 11.9 Å². The Bertz CT molecular complexity index is 1270. The van der Waals surface area contributed by atoms with Crippen molar-refractivity contribution in [2.75, 3.05) is 13.2 Å². The van der Waals surface area contributed by atoms with E-state index in [1.807, 2.05) is 48.5 Å². The molecule has 0 aliphatic rings. The summed E-state index contributed by atoms with van der Waals surface area (Å²) in [5.74, 6) is -1.49. The SMILES string of the molecule is CCOC(=O)/C(=C/c1c2ccccc2c(/C=C(\N=[N+]=[N-])C(=O)OCC)c2ccccc12)N=[N+]=[N-]. The van der Waals surface area contributed by atoms with Gasteiger partial charge in [-0.3, -0.25) is 0 Å². The first-order valence-corrected chi connectivity index (χ1v) is 10.4. The van der Waals surface area contributed by atoms with E-state index in [1.54, 1.807) is 13.8 Å². The van der Waals surface area contributed by atoms with Crippen molar-refractivity contribution in [3.63, 3.8) is 0 Å². The van der Waals surface area contributed by atoms with E-state index in [4.69, 9.17) is 20.5 Å². The molecule has 34 heavy (non-hydrogen) atoms. The van der Waals surface area contributed by atoms with Crippen LogP contribution in [0.1, 0.15) is 25.0 Å². The van der Waals surface area contributed by atoms with Gasteiger partial charge in [-0.2, -0.15) is 0 Å². The topological polar surface area (TPSA) is 150 Å². The van der Waals surface area contributed by atoms with Crippen LogP contribution in [0.4, 0.5) is 0 Å². The molecule has 0 unspecified atom stereocenters. The van der Waals surface area contributed by atoms with Crippen LogP contribution in [0.25, 0.3) is 54.6 Å². The first-order chi connectivity index (χ1) is 16.5. The molecule has 0 aliphatic heterocycles. The van der Waals surface area contributed by atoms with Gasteiger partial charge < -0.3 is 9.47 Å². The number of esters is 2. The van der Waals surface area contributed by atoms with Gasteiger partial charge in [0, 0.05) is 9.82 Å². The lowest BCUT2D eigenvalue weighted by Crippen LogP contribution is -2.06. The van der Waals surface area contributed by atoms with E-state index >= 15 is 0 Å². The fourth-order valence-corrected chi connectivity index (χ4v) is 3.54. The van der Waals surface area contributed by atoms with Gasteiger partial charge in [0.2, 0.25) is 0 Å². The molecule has 0 bridgehead atoms. The van der Waals surface area contributed by atoms with E-state index in [9.17, 15) is 9.59 Å². The van der Waals surface area contributed by atoms with Gasteiger partial charge in [-0.25, -0.2) is 9.59 Å². The third-order valence-corrected chi connectivity index (χ3v) is 4.85. The maximum absolute atomic E-state index is 12.4. The molecule has 10 heteroatoms. The Balaban J connectivity index is 2.44. The van der Waals surface area contributed by atoms with E-state index in [2.05, 4.69) is 20.1 Å². The number of hydrogen-bond donors (Lipinski definition) is 0. The minimum absolute atomic E-state index is 0.123. The van der Waals surface area contributed by atoms with Crippen LogP contribution >= 0.6 is 0 Å². The summed E-state index contributed by atoms with van der Waals surface area (Å²) in [5.41, 5.74) is 18.8. The summed E-state index contributed by atoms with van der Waals surface area (Å²) in [5, 5.41) is 9.92. The molecule has 170 valence electrons. The Hall–Kier alpha value is -4.78. The van der Waals surface area contributed by atoms with Crippen molar-refractivity contribution in [2.45, 2.75) is 13.8 Å². The van der Waals surface area contributed by atoms with Crippen LogP contribution in [-0.2, 0) is 19.1 Å². The van der Waals surface area contributed by atoms with E-state index in [1.165, 1.54) is 12.2 Å². The quantitative estimate of drug-likeness (QED) is 0.0958. The van der Waals surface area contributed by atoms with Crippen LogP contribution in [0, 0.1) is 0 Å². The Morgan fingerprint density at radius 1 is 0.735 bits per heavy atom. The zero-order valence-electron chi connectivity index (χ0n) is 18.5. The molecule has 10 nitrogen and oxygen atoms in total. The van der Waals surface area contributed by atoms with Gasteiger partial charge in [0.1, 0.15) is 11.4 Å². The number of carbonyl (C=O) groups is 2. The molecule has 0 spiro atoms. The smallest absolute Gasteiger partial charge is 0.340 e. The third-order valence-electron chi connectivity index (χ3n) is 4.85. The highest BCUT2D eigenvalue weighted by molar-refractivity contribution is 6.15. The molecule has 3 aromatic rings. The molecule has 0 radical (unpaired) electrons. The molecule has 3 aromatic carbocycles. The van der Waals surface area contributed by atoms with Gasteiger partial charge in [0.15, 0.2) is 0 Å². The highest BCUT2D eigenvalue weighted by atomic mass is 16.5. The minimum atomic E-state index is -0.745. The monoisotopic (exact) mass is 456 g/mol. The molecule has 0 fully saturated rings. The van der Waals surface area contributed by atoms with Crippen molar-refractivity contribution in [1.29, 1.82) is 0 Å². The Morgan fingerprint density at radius 2 is 1.06 bits per heavy atom. The van der Waals surface area contributed by atoms with Crippen LogP contribution in [0.15, 0.2) is 70.2 Å². The normalized spacial score (nSPS) is 11.5. The third kappa shape index (κ3) is 4.99. The highest BCUT2D eigenvalue weighted by Gasteiger charge is 2.17. The Morgan fingerprint density at radius 3 is 1.32 bits per heavy atom. The Labute approximate surface area is 194 Å². The van der Waals surface area contributed by atoms with Gasteiger partial charge in [-0.1, -0.05) is 58.8 Å². The van der Waals surface area contributed by atoms with Gasteiger partial charge in [0.05, 0.1) is 13.2 Å². The average molecular weight is 456 g/mol. The molecule has 0 saturated carbocycles. The predicted molar refractivity (Wildman–Crippen MR) is 129 cm³/mol.